The summed E-state index contributed by atoms with van der Waals surface area (Å²) in [6.45, 7) is 0. The van der Waals surface area contributed by atoms with E-state index in [1.807, 2.05) is 0 Å². The monoisotopic (exact) mass is 232 g/mol. The van der Waals surface area contributed by atoms with Gasteiger partial charge in [0.05, 0.1) is 12.7 Å². The number of carbonyl (C=O) groups is 1. The Morgan fingerprint density at radius 2 is 2.00 bits per heavy atom. The summed E-state index contributed by atoms with van der Waals surface area (Å²) >= 11 is 0. The quantitative estimate of drug-likeness (QED) is 0.731. The normalized spacial score (nSPS) is 11.1. The minimum absolute atomic E-state index is 0.111. The fourth-order valence-electron chi connectivity index (χ4n) is 1.15. The summed E-state index contributed by atoms with van der Waals surface area (Å²) in [4.78, 5) is 9.84. The molecule has 0 heterocycles. The lowest BCUT2D eigenvalue weighted by atomic mass is 10.2. The van der Waals surface area contributed by atoms with Gasteiger partial charge in [-0.05, 0) is 12.1 Å². The Labute approximate surface area is 86.6 Å². The molecule has 0 radical (unpaired) electrons. The number of methoxy groups -OCH3 is 1. The Balaban J connectivity index is 3.65. The topological polar surface area (TPSA) is 60.4 Å². The highest BCUT2D eigenvalue weighted by molar-refractivity contribution is 7.90. The first-order valence-electron chi connectivity index (χ1n) is 3.93. The molecule has 82 valence electrons. The molecule has 0 aliphatic carbocycles. The van der Waals surface area contributed by atoms with Crippen molar-refractivity contribution in [3.05, 3.63) is 23.5 Å². The van der Waals surface area contributed by atoms with Crippen LogP contribution in [0.3, 0.4) is 0 Å². The maximum absolute atomic E-state index is 13.5. The molecular weight excluding hydrogens is 223 g/mol. The standard InChI is InChI=1S/C9H9FO4S/c1-14-7-4-3-6(5-11)8(10)9(7)15(2,12)13/h3-5H,1-2H3. The average molecular weight is 232 g/mol. The van der Waals surface area contributed by atoms with Gasteiger partial charge < -0.3 is 4.74 Å². The predicted molar refractivity (Wildman–Crippen MR) is 51.4 cm³/mol. The van der Waals surface area contributed by atoms with Crippen LogP contribution in [-0.2, 0) is 9.84 Å². The van der Waals surface area contributed by atoms with Crippen LogP contribution in [-0.4, -0.2) is 28.1 Å². The number of benzene rings is 1. The van der Waals surface area contributed by atoms with Gasteiger partial charge in [-0.15, -0.1) is 0 Å². The molecule has 0 aliphatic rings. The molecule has 0 amide bonds. The van der Waals surface area contributed by atoms with Crippen molar-refractivity contribution in [2.75, 3.05) is 13.4 Å². The van der Waals surface area contributed by atoms with Gasteiger partial charge in [-0.1, -0.05) is 0 Å². The molecule has 0 fully saturated rings. The molecule has 15 heavy (non-hydrogen) atoms. The highest BCUT2D eigenvalue weighted by atomic mass is 32.2. The first-order valence-corrected chi connectivity index (χ1v) is 5.82. The average Bonchev–Trinajstić information content (AvgIpc) is 2.15. The molecule has 0 aliphatic heterocycles. The molecule has 1 aromatic rings. The van der Waals surface area contributed by atoms with Gasteiger partial charge in [0.1, 0.15) is 10.6 Å². The number of aldehydes is 1. The maximum Gasteiger partial charge on any atom is 0.182 e. The van der Waals surface area contributed by atoms with Crippen molar-refractivity contribution < 1.29 is 22.3 Å². The molecule has 0 atom stereocenters. The highest BCUT2D eigenvalue weighted by Gasteiger charge is 2.22. The smallest absolute Gasteiger partial charge is 0.182 e. The fourth-order valence-corrected chi connectivity index (χ4v) is 2.11. The van der Waals surface area contributed by atoms with Crippen LogP contribution in [0.2, 0.25) is 0 Å². The van der Waals surface area contributed by atoms with Gasteiger partial charge in [0.25, 0.3) is 0 Å². The van der Waals surface area contributed by atoms with Crippen molar-refractivity contribution in [1.29, 1.82) is 0 Å². The Hall–Kier alpha value is -1.43. The lowest BCUT2D eigenvalue weighted by Crippen LogP contribution is -2.06. The molecule has 0 spiro atoms. The summed E-state index contributed by atoms with van der Waals surface area (Å²) < 4.78 is 40.8. The van der Waals surface area contributed by atoms with Crippen LogP contribution in [0.4, 0.5) is 4.39 Å². The van der Waals surface area contributed by atoms with E-state index in [1.165, 1.54) is 13.2 Å². The van der Waals surface area contributed by atoms with Gasteiger partial charge in [-0.3, -0.25) is 4.79 Å². The summed E-state index contributed by atoms with van der Waals surface area (Å²) in [5.41, 5.74) is -0.309. The zero-order valence-corrected chi connectivity index (χ0v) is 8.97. The Bertz CT molecular complexity index is 493. The van der Waals surface area contributed by atoms with Gasteiger partial charge in [-0.25, -0.2) is 12.8 Å². The lowest BCUT2D eigenvalue weighted by molar-refractivity contribution is 0.111. The fraction of sp³-hybridized carbons (Fsp3) is 0.222. The van der Waals surface area contributed by atoms with Gasteiger partial charge in [0, 0.05) is 6.26 Å². The van der Waals surface area contributed by atoms with Crippen LogP contribution in [0, 0.1) is 5.82 Å². The van der Waals surface area contributed by atoms with Gasteiger partial charge in [-0.2, -0.15) is 0 Å². The molecule has 0 unspecified atom stereocenters. The Morgan fingerprint density at radius 3 is 2.40 bits per heavy atom. The second-order valence-corrected chi connectivity index (χ2v) is 4.84. The van der Waals surface area contributed by atoms with Crippen molar-refractivity contribution in [1.82, 2.24) is 0 Å². The minimum atomic E-state index is -3.77. The van der Waals surface area contributed by atoms with E-state index in [0.29, 0.717) is 0 Å². The first kappa shape index (κ1) is 11.6. The molecule has 6 heteroatoms. The van der Waals surface area contributed by atoms with Gasteiger partial charge in [0.2, 0.25) is 0 Å². The van der Waals surface area contributed by atoms with Crippen LogP contribution in [0.1, 0.15) is 10.4 Å². The maximum atomic E-state index is 13.5. The van der Waals surface area contributed by atoms with E-state index in [2.05, 4.69) is 0 Å². The number of hydrogen-bond donors (Lipinski definition) is 0. The van der Waals surface area contributed by atoms with E-state index in [-0.39, 0.29) is 17.6 Å². The van der Waals surface area contributed by atoms with Crippen LogP contribution < -0.4 is 4.74 Å². The minimum Gasteiger partial charge on any atom is -0.495 e. The third-order valence-corrected chi connectivity index (χ3v) is 2.93. The molecule has 4 nitrogen and oxygen atoms in total. The van der Waals surface area contributed by atoms with E-state index < -0.39 is 20.5 Å². The molecule has 1 rings (SSSR count). The van der Waals surface area contributed by atoms with E-state index in [9.17, 15) is 17.6 Å². The third kappa shape index (κ3) is 2.15. The van der Waals surface area contributed by atoms with E-state index >= 15 is 0 Å². The zero-order chi connectivity index (χ0) is 11.6. The first-order chi connectivity index (χ1) is 6.91. The lowest BCUT2D eigenvalue weighted by Gasteiger charge is -2.08. The molecule has 0 saturated heterocycles. The molecule has 0 bridgehead atoms. The number of rotatable bonds is 3. The predicted octanol–water partition coefficient (Wildman–Crippen LogP) is 1.05. The molecule has 0 aromatic heterocycles. The summed E-state index contributed by atoms with van der Waals surface area (Å²) in [6.07, 6.45) is 1.10. The number of sulfone groups is 1. The number of ether oxygens (including phenoxy) is 1. The van der Waals surface area contributed by atoms with E-state index in [0.717, 1.165) is 12.3 Å². The van der Waals surface area contributed by atoms with Crippen molar-refractivity contribution in [3.63, 3.8) is 0 Å². The van der Waals surface area contributed by atoms with Crippen molar-refractivity contribution in [2.24, 2.45) is 0 Å². The zero-order valence-electron chi connectivity index (χ0n) is 8.15. The largest absolute Gasteiger partial charge is 0.495 e. The van der Waals surface area contributed by atoms with Crippen LogP contribution in [0.25, 0.3) is 0 Å². The van der Waals surface area contributed by atoms with E-state index in [4.69, 9.17) is 4.74 Å². The van der Waals surface area contributed by atoms with Gasteiger partial charge >= 0.3 is 0 Å². The highest BCUT2D eigenvalue weighted by Crippen LogP contribution is 2.28. The third-order valence-electron chi connectivity index (χ3n) is 1.81. The summed E-state index contributed by atoms with van der Waals surface area (Å²) in [7, 11) is -2.54. The Kier molecular flexibility index (Phi) is 3.09. The van der Waals surface area contributed by atoms with Crippen molar-refractivity contribution in [2.45, 2.75) is 4.90 Å². The number of hydrogen-bond acceptors (Lipinski definition) is 4. The number of halogens is 1. The molecule has 0 N–H and O–H groups in total. The molecule has 1 aromatic carbocycles. The summed E-state index contributed by atoms with van der Waals surface area (Å²) in [5.74, 6) is -1.19. The van der Waals surface area contributed by atoms with Crippen molar-refractivity contribution >= 4 is 16.1 Å². The summed E-state index contributed by atoms with van der Waals surface area (Å²) in [5, 5.41) is 0. The van der Waals surface area contributed by atoms with Crippen LogP contribution in [0.5, 0.6) is 5.75 Å². The second kappa shape index (κ2) is 3.98. The molecule has 0 saturated carbocycles. The molecular formula is C9H9FO4S. The van der Waals surface area contributed by atoms with Gasteiger partial charge in [0.15, 0.2) is 21.9 Å². The van der Waals surface area contributed by atoms with Crippen LogP contribution in [0.15, 0.2) is 17.0 Å². The SMILES string of the molecule is COc1ccc(C=O)c(F)c1S(C)(=O)=O. The van der Waals surface area contributed by atoms with Crippen LogP contribution >= 0.6 is 0 Å². The van der Waals surface area contributed by atoms with E-state index in [1.54, 1.807) is 0 Å². The second-order valence-electron chi connectivity index (χ2n) is 2.89. The number of carbonyl (C=O) groups excluding carboxylic acids is 1. The summed E-state index contributed by atoms with van der Waals surface area (Å²) in [6, 6.07) is 2.40. The Morgan fingerprint density at radius 1 is 1.40 bits per heavy atom. The van der Waals surface area contributed by atoms with Crippen molar-refractivity contribution in [3.8, 4) is 5.75 Å².